The standard InChI is InChI=1S/C15H19N5O4/c1-8-4-12-19(6-11(16)21)13-10(14(22)20(12)17-8)5-18(15(13)23)9(2)7-24-3/h4,9H,5-7H2,1-3H3,(H2,16,21)/t9-/m1/s1. The summed E-state index contributed by atoms with van der Waals surface area (Å²) in [6.45, 7) is 3.88. The maximum atomic E-state index is 12.8. The topological polar surface area (TPSA) is 112 Å². The van der Waals surface area contributed by atoms with Crippen molar-refractivity contribution in [2.45, 2.75) is 33.0 Å². The van der Waals surface area contributed by atoms with Gasteiger partial charge in [0.25, 0.3) is 11.5 Å². The molecule has 0 radical (unpaired) electrons. The second kappa shape index (κ2) is 5.75. The van der Waals surface area contributed by atoms with Gasteiger partial charge in [0.05, 0.1) is 30.5 Å². The smallest absolute Gasteiger partial charge is 0.280 e. The molecule has 2 aromatic rings. The van der Waals surface area contributed by atoms with Crippen molar-refractivity contribution in [3.63, 3.8) is 0 Å². The molecule has 3 rings (SSSR count). The first-order chi connectivity index (χ1) is 11.3. The molecule has 0 saturated carbocycles. The average molecular weight is 333 g/mol. The number of carbonyl (C=O) groups excluding carboxylic acids is 2. The number of fused-ring (bicyclic) bond motifs is 2. The van der Waals surface area contributed by atoms with Gasteiger partial charge in [-0.2, -0.15) is 9.61 Å². The lowest BCUT2D eigenvalue weighted by Crippen LogP contribution is -2.37. The highest BCUT2D eigenvalue weighted by Crippen LogP contribution is 2.24. The van der Waals surface area contributed by atoms with Crippen molar-refractivity contribution < 1.29 is 14.3 Å². The first-order valence-electron chi connectivity index (χ1n) is 7.55. The van der Waals surface area contributed by atoms with Crippen molar-refractivity contribution in [1.29, 1.82) is 0 Å². The highest BCUT2D eigenvalue weighted by atomic mass is 16.5. The molecule has 0 aromatic carbocycles. The maximum absolute atomic E-state index is 12.8. The zero-order chi connectivity index (χ0) is 17.6. The predicted molar refractivity (Wildman–Crippen MR) is 84.6 cm³/mol. The van der Waals surface area contributed by atoms with Crippen LogP contribution in [0.3, 0.4) is 0 Å². The van der Waals surface area contributed by atoms with E-state index in [1.807, 2.05) is 6.92 Å². The fraction of sp³-hybridized carbons (Fsp3) is 0.467. The Morgan fingerprint density at radius 2 is 2.17 bits per heavy atom. The molecule has 0 fully saturated rings. The normalized spacial score (nSPS) is 15.1. The van der Waals surface area contributed by atoms with E-state index in [1.165, 1.54) is 9.08 Å². The lowest BCUT2D eigenvalue weighted by Gasteiger charge is -2.23. The molecule has 128 valence electrons. The molecule has 2 amide bonds. The summed E-state index contributed by atoms with van der Waals surface area (Å²) in [5, 5.41) is 4.17. The van der Waals surface area contributed by atoms with Gasteiger partial charge in [0.1, 0.15) is 17.9 Å². The van der Waals surface area contributed by atoms with Crippen LogP contribution in [0.1, 0.15) is 28.7 Å². The zero-order valence-corrected chi connectivity index (χ0v) is 13.8. The average Bonchev–Trinajstić information content (AvgIpc) is 3.05. The molecule has 2 N–H and O–H groups in total. The summed E-state index contributed by atoms with van der Waals surface area (Å²) in [6, 6.07) is 1.45. The van der Waals surface area contributed by atoms with Crippen molar-refractivity contribution >= 4 is 17.5 Å². The Morgan fingerprint density at radius 3 is 2.79 bits per heavy atom. The second-order valence-electron chi connectivity index (χ2n) is 5.98. The fourth-order valence-corrected chi connectivity index (χ4v) is 3.10. The number of ether oxygens (including phenoxy) is 1. The zero-order valence-electron chi connectivity index (χ0n) is 13.8. The van der Waals surface area contributed by atoms with Gasteiger partial charge in [0.2, 0.25) is 5.91 Å². The van der Waals surface area contributed by atoms with Crippen LogP contribution in [0.15, 0.2) is 10.9 Å². The van der Waals surface area contributed by atoms with Gasteiger partial charge in [0.15, 0.2) is 0 Å². The van der Waals surface area contributed by atoms with Crippen LogP contribution in [0.4, 0.5) is 0 Å². The predicted octanol–water partition coefficient (Wildman–Crippen LogP) is -0.720. The molecule has 0 aliphatic carbocycles. The third-order valence-electron chi connectivity index (χ3n) is 4.14. The summed E-state index contributed by atoms with van der Waals surface area (Å²) >= 11 is 0. The number of nitrogens with two attached hydrogens (primary N) is 1. The molecular weight excluding hydrogens is 314 g/mol. The fourth-order valence-electron chi connectivity index (χ4n) is 3.10. The van der Waals surface area contributed by atoms with Crippen molar-refractivity contribution in [3.8, 4) is 0 Å². The molecule has 1 aliphatic rings. The molecule has 9 nitrogen and oxygen atoms in total. The molecule has 3 heterocycles. The summed E-state index contributed by atoms with van der Waals surface area (Å²) in [6.07, 6.45) is 0. The molecule has 1 aliphatic heterocycles. The Kier molecular flexibility index (Phi) is 3.88. The number of amides is 2. The van der Waals surface area contributed by atoms with E-state index < -0.39 is 5.91 Å². The third-order valence-corrected chi connectivity index (χ3v) is 4.14. The van der Waals surface area contributed by atoms with Crippen LogP contribution in [0.25, 0.3) is 5.65 Å². The summed E-state index contributed by atoms with van der Waals surface area (Å²) < 4.78 is 7.79. The molecular formula is C15H19N5O4. The number of aryl methyl sites for hydroxylation is 1. The Balaban J connectivity index is 2.23. The number of hydrogen-bond acceptors (Lipinski definition) is 5. The van der Waals surface area contributed by atoms with Gasteiger partial charge in [-0.3, -0.25) is 14.4 Å². The van der Waals surface area contributed by atoms with Crippen LogP contribution in [0.5, 0.6) is 0 Å². The van der Waals surface area contributed by atoms with E-state index in [0.717, 1.165) is 0 Å². The number of nitrogens with zero attached hydrogens (tertiary/aromatic N) is 4. The van der Waals surface area contributed by atoms with Gasteiger partial charge in [-0.1, -0.05) is 0 Å². The van der Waals surface area contributed by atoms with E-state index in [4.69, 9.17) is 10.5 Å². The third kappa shape index (κ3) is 2.37. The van der Waals surface area contributed by atoms with E-state index in [-0.39, 0.29) is 36.3 Å². The Hall–Kier alpha value is -2.68. The van der Waals surface area contributed by atoms with Crippen LogP contribution in [0, 0.1) is 6.92 Å². The van der Waals surface area contributed by atoms with Gasteiger partial charge < -0.3 is 19.9 Å². The quantitative estimate of drug-likeness (QED) is 0.776. The summed E-state index contributed by atoms with van der Waals surface area (Å²) in [7, 11) is 1.55. The summed E-state index contributed by atoms with van der Waals surface area (Å²) in [5.74, 6) is -0.910. The van der Waals surface area contributed by atoms with Crippen molar-refractivity contribution in [2.24, 2.45) is 5.73 Å². The SMILES string of the molecule is COC[C@@H](C)N1Cc2c(n(CC(N)=O)c3cc(C)nn3c2=O)C1=O. The van der Waals surface area contributed by atoms with Crippen LogP contribution >= 0.6 is 0 Å². The first kappa shape index (κ1) is 16.2. The first-order valence-corrected chi connectivity index (χ1v) is 7.55. The van der Waals surface area contributed by atoms with Gasteiger partial charge >= 0.3 is 0 Å². The van der Waals surface area contributed by atoms with Gasteiger partial charge in [-0.05, 0) is 13.8 Å². The lowest BCUT2D eigenvalue weighted by atomic mass is 10.2. The minimum atomic E-state index is -0.599. The van der Waals surface area contributed by atoms with Crippen molar-refractivity contribution in [2.75, 3.05) is 13.7 Å². The highest BCUT2D eigenvalue weighted by Gasteiger charge is 2.37. The molecule has 0 spiro atoms. The maximum Gasteiger partial charge on any atom is 0.280 e. The van der Waals surface area contributed by atoms with Crippen LogP contribution < -0.4 is 11.3 Å². The van der Waals surface area contributed by atoms with Crippen molar-refractivity contribution in [3.05, 3.63) is 33.4 Å². The molecule has 2 aromatic heterocycles. The van der Waals surface area contributed by atoms with Crippen LogP contribution in [0.2, 0.25) is 0 Å². The number of primary amides is 1. The largest absolute Gasteiger partial charge is 0.383 e. The Bertz CT molecular complexity index is 897. The van der Waals surface area contributed by atoms with Crippen LogP contribution in [-0.2, 0) is 22.6 Å². The second-order valence-corrected chi connectivity index (χ2v) is 5.98. The number of rotatable bonds is 5. The molecule has 0 saturated heterocycles. The minimum Gasteiger partial charge on any atom is -0.383 e. The molecule has 0 bridgehead atoms. The van der Waals surface area contributed by atoms with E-state index in [9.17, 15) is 14.4 Å². The van der Waals surface area contributed by atoms with Gasteiger partial charge in [-0.25, -0.2) is 0 Å². The van der Waals surface area contributed by atoms with Crippen molar-refractivity contribution in [1.82, 2.24) is 19.1 Å². The Labute approximate surface area is 137 Å². The van der Waals surface area contributed by atoms with E-state index in [1.54, 1.807) is 25.0 Å². The molecule has 1 atom stereocenters. The molecule has 9 heteroatoms. The number of carbonyl (C=O) groups is 2. The summed E-state index contributed by atoms with van der Waals surface area (Å²) in [5.41, 5.74) is 6.50. The highest BCUT2D eigenvalue weighted by molar-refractivity contribution is 5.98. The molecule has 24 heavy (non-hydrogen) atoms. The van der Waals surface area contributed by atoms with E-state index in [2.05, 4.69) is 5.10 Å². The van der Waals surface area contributed by atoms with Gasteiger partial charge in [0, 0.05) is 13.2 Å². The number of aromatic nitrogens is 3. The summed E-state index contributed by atoms with van der Waals surface area (Å²) in [4.78, 5) is 38.6. The van der Waals surface area contributed by atoms with E-state index >= 15 is 0 Å². The van der Waals surface area contributed by atoms with Gasteiger partial charge in [-0.15, -0.1) is 0 Å². The monoisotopic (exact) mass is 333 g/mol. The van der Waals surface area contributed by atoms with E-state index in [0.29, 0.717) is 23.5 Å². The van der Waals surface area contributed by atoms with Crippen LogP contribution in [-0.4, -0.2) is 50.7 Å². The number of hydrogen-bond donors (Lipinski definition) is 1. The minimum absolute atomic E-state index is 0.158. The number of methoxy groups -OCH3 is 1. The Morgan fingerprint density at radius 1 is 1.46 bits per heavy atom. The molecule has 0 unspecified atom stereocenters. The lowest BCUT2D eigenvalue weighted by molar-refractivity contribution is -0.118.